The SMILES string of the molecule is Cc1cccn2c(=O)c(C(=O)NCCCn3ccnc3)c(O)nc12. The van der Waals surface area contributed by atoms with E-state index in [0.29, 0.717) is 25.2 Å². The number of nitrogens with one attached hydrogen (secondary N) is 1. The van der Waals surface area contributed by atoms with Crippen molar-refractivity contribution in [3.05, 3.63) is 58.5 Å². The van der Waals surface area contributed by atoms with E-state index in [1.807, 2.05) is 10.8 Å². The second-order valence-electron chi connectivity index (χ2n) is 5.41. The Balaban J connectivity index is 1.76. The van der Waals surface area contributed by atoms with Gasteiger partial charge in [0, 0.05) is 31.7 Å². The van der Waals surface area contributed by atoms with E-state index in [0.717, 1.165) is 5.56 Å². The summed E-state index contributed by atoms with van der Waals surface area (Å²) < 4.78 is 3.15. The molecule has 3 rings (SSSR count). The Bertz CT molecular complexity index is 931. The third-order valence-corrected chi connectivity index (χ3v) is 3.70. The lowest BCUT2D eigenvalue weighted by molar-refractivity contribution is 0.0947. The fourth-order valence-corrected chi connectivity index (χ4v) is 2.46. The molecule has 1 amide bonds. The first-order chi connectivity index (χ1) is 11.6. The molecular formula is C16H17N5O3. The van der Waals surface area contributed by atoms with Crippen molar-refractivity contribution in [2.24, 2.45) is 0 Å². The summed E-state index contributed by atoms with van der Waals surface area (Å²) in [6, 6.07) is 3.46. The Morgan fingerprint density at radius 3 is 2.96 bits per heavy atom. The lowest BCUT2D eigenvalue weighted by Crippen LogP contribution is -2.32. The predicted octanol–water partition coefficient (Wildman–Crippen LogP) is 0.725. The van der Waals surface area contributed by atoms with Crippen molar-refractivity contribution >= 4 is 11.6 Å². The maximum Gasteiger partial charge on any atom is 0.274 e. The van der Waals surface area contributed by atoms with Crippen molar-refractivity contribution in [3.8, 4) is 5.88 Å². The Morgan fingerprint density at radius 2 is 2.21 bits per heavy atom. The number of amides is 1. The largest absolute Gasteiger partial charge is 0.493 e. The Hall–Kier alpha value is -3.16. The van der Waals surface area contributed by atoms with Crippen LogP contribution >= 0.6 is 0 Å². The van der Waals surface area contributed by atoms with Crippen molar-refractivity contribution < 1.29 is 9.90 Å². The third-order valence-electron chi connectivity index (χ3n) is 3.70. The highest BCUT2D eigenvalue weighted by molar-refractivity contribution is 5.96. The van der Waals surface area contributed by atoms with Gasteiger partial charge in [-0.05, 0) is 25.0 Å². The summed E-state index contributed by atoms with van der Waals surface area (Å²) in [5, 5.41) is 12.6. The van der Waals surface area contributed by atoms with Crippen LogP contribution in [0.2, 0.25) is 0 Å². The Morgan fingerprint density at radius 1 is 1.38 bits per heavy atom. The van der Waals surface area contributed by atoms with Gasteiger partial charge >= 0.3 is 0 Å². The second-order valence-corrected chi connectivity index (χ2v) is 5.41. The molecule has 0 aliphatic heterocycles. The molecular weight excluding hydrogens is 310 g/mol. The van der Waals surface area contributed by atoms with Crippen LogP contribution in [0.4, 0.5) is 0 Å². The van der Waals surface area contributed by atoms with Gasteiger partial charge in [-0.2, -0.15) is 4.98 Å². The average molecular weight is 327 g/mol. The smallest absolute Gasteiger partial charge is 0.274 e. The first kappa shape index (κ1) is 15.7. The topological polar surface area (TPSA) is 102 Å². The van der Waals surface area contributed by atoms with E-state index in [9.17, 15) is 14.7 Å². The minimum atomic E-state index is -0.633. The van der Waals surface area contributed by atoms with E-state index in [4.69, 9.17) is 0 Å². The number of hydrogen-bond donors (Lipinski definition) is 2. The molecule has 24 heavy (non-hydrogen) atoms. The molecule has 3 aromatic heterocycles. The standard InChI is InChI=1S/C16H17N5O3/c1-11-4-2-8-21-13(11)19-15(23)12(16(21)24)14(22)18-5-3-7-20-9-6-17-10-20/h2,4,6,8-10,23H,3,5,7H2,1H3,(H,18,22). The fourth-order valence-electron chi connectivity index (χ4n) is 2.46. The summed E-state index contributed by atoms with van der Waals surface area (Å²) >= 11 is 0. The molecule has 3 aromatic rings. The van der Waals surface area contributed by atoms with Gasteiger partial charge < -0.3 is 15.0 Å². The number of aryl methyl sites for hydroxylation is 2. The van der Waals surface area contributed by atoms with Gasteiger partial charge in [0.15, 0.2) is 5.56 Å². The lowest BCUT2D eigenvalue weighted by Gasteiger charge is -2.09. The molecule has 0 bridgehead atoms. The summed E-state index contributed by atoms with van der Waals surface area (Å²) in [4.78, 5) is 32.6. The molecule has 0 atom stereocenters. The number of fused-ring (bicyclic) bond motifs is 1. The van der Waals surface area contributed by atoms with Crippen molar-refractivity contribution in [2.45, 2.75) is 19.9 Å². The van der Waals surface area contributed by atoms with Crippen molar-refractivity contribution in [1.29, 1.82) is 0 Å². The molecule has 2 N–H and O–H groups in total. The fraction of sp³-hybridized carbons (Fsp3) is 0.250. The number of carbonyl (C=O) groups is 1. The molecule has 0 unspecified atom stereocenters. The van der Waals surface area contributed by atoms with E-state index < -0.39 is 17.3 Å². The van der Waals surface area contributed by atoms with Crippen LogP contribution in [-0.2, 0) is 6.54 Å². The number of nitrogens with zero attached hydrogens (tertiary/aromatic N) is 4. The van der Waals surface area contributed by atoms with E-state index in [-0.39, 0.29) is 5.56 Å². The number of pyridine rings is 1. The van der Waals surface area contributed by atoms with Crippen LogP contribution in [0.1, 0.15) is 22.3 Å². The average Bonchev–Trinajstić information content (AvgIpc) is 3.06. The van der Waals surface area contributed by atoms with Gasteiger partial charge in [-0.1, -0.05) is 6.07 Å². The zero-order valence-corrected chi connectivity index (χ0v) is 13.1. The molecule has 8 heteroatoms. The minimum Gasteiger partial charge on any atom is -0.493 e. The molecule has 0 aliphatic rings. The monoisotopic (exact) mass is 327 g/mol. The summed E-state index contributed by atoms with van der Waals surface area (Å²) in [5.74, 6) is -1.19. The van der Waals surface area contributed by atoms with Gasteiger partial charge in [-0.25, -0.2) is 4.98 Å². The first-order valence-corrected chi connectivity index (χ1v) is 7.53. The molecule has 0 radical (unpaired) electrons. The van der Waals surface area contributed by atoms with Gasteiger partial charge in [-0.15, -0.1) is 0 Å². The van der Waals surface area contributed by atoms with Crippen LogP contribution in [0.5, 0.6) is 5.88 Å². The van der Waals surface area contributed by atoms with E-state index in [2.05, 4.69) is 15.3 Å². The number of aromatic nitrogens is 4. The van der Waals surface area contributed by atoms with Crippen LogP contribution < -0.4 is 10.9 Å². The molecule has 3 heterocycles. The highest BCUT2D eigenvalue weighted by atomic mass is 16.3. The number of carbonyl (C=O) groups excluding carboxylic acids is 1. The van der Waals surface area contributed by atoms with Gasteiger partial charge in [0.1, 0.15) is 5.65 Å². The Kier molecular flexibility index (Phi) is 4.28. The lowest BCUT2D eigenvalue weighted by atomic mass is 10.2. The molecule has 0 fully saturated rings. The van der Waals surface area contributed by atoms with E-state index in [1.165, 1.54) is 10.6 Å². The van der Waals surface area contributed by atoms with Crippen LogP contribution in [0.25, 0.3) is 5.65 Å². The molecule has 0 aliphatic carbocycles. The summed E-state index contributed by atoms with van der Waals surface area (Å²) in [6.45, 7) is 2.84. The van der Waals surface area contributed by atoms with Gasteiger partial charge in [0.05, 0.1) is 6.33 Å². The molecule has 0 aromatic carbocycles. The Labute approximate surface area is 137 Å². The number of aromatic hydroxyl groups is 1. The van der Waals surface area contributed by atoms with Crippen LogP contribution in [0, 0.1) is 6.92 Å². The predicted molar refractivity (Wildman–Crippen MR) is 87.0 cm³/mol. The molecule has 0 saturated heterocycles. The zero-order chi connectivity index (χ0) is 17.1. The summed E-state index contributed by atoms with van der Waals surface area (Å²) in [5.41, 5.74) is 0.128. The zero-order valence-electron chi connectivity index (χ0n) is 13.1. The van der Waals surface area contributed by atoms with E-state index >= 15 is 0 Å². The van der Waals surface area contributed by atoms with Crippen molar-refractivity contribution in [3.63, 3.8) is 0 Å². The quantitative estimate of drug-likeness (QED) is 0.673. The van der Waals surface area contributed by atoms with Gasteiger partial charge in [0.25, 0.3) is 11.5 Å². The maximum atomic E-state index is 12.5. The minimum absolute atomic E-state index is 0.330. The number of hydrogen-bond acceptors (Lipinski definition) is 5. The highest BCUT2D eigenvalue weighted by Gasteiger charge is 2.19. The second kappa shape index (κ2) is 6.53. The summed E-state index contributed by atoms with van der Waals surface area (Å²) in [6.07, 6.45) is 7.39. The summed E-state index contributed by atoms with van der Waals surface area (Å²) in [7, 11) is 0. The van der Waals surface area contributed by atoms with Gasteiger partial charge in [0.2, 0.25) is 5.88 Å². The first-order valence-electron chi connectivity index (χ1n) is 7.53. The molecule has 8 nitrogen and oxygen atoms in total. The third kappa shape index (κ3) is 2.98. The van der Waals surface area contributed by atoms with E-state index in [1.54, 1.807) is 31.6 Å². The number of rotatable bonds is 5. The molecule has 124 valence electrons. The van der Waals surface area contributed by atoms with Crippen molar-refractivity contribution in [1.82, 2.24) is 24.3 Å². The normalized spacial score (nSPS) is 10.9. The van der Waals surface area contributed by atoms with Crippen LogP contribution in [0.15, 0.2) is 41.8 Å². The van der Waals surface area contributed by atoms with Crippen molar-refractivity contribution in [2.75, 3.05) is 6.54 Å². The molecule has 0 saturated carbocycles. The highest BCUT2D eigenvalue weighted by Crippen LogP contribution is 2.13. The van der Waals surface area contributed by atoms with Crippen LogP contribution in [0.3, 0.4) is 0 Å². The molecule has 0 spiro atoms. The van der Waals surface area contributed by atoms with Gasteiger partial charge in [-0.3, -0.25) is 14.0 Å². The maximum absolute atomic E-state index is 12.5. The number of imidazole rings is 1. The van der Waals surface area contributed by atoms with Crippen LogP contribution in [-0.4, -0.2) is 36.5 Å².